The molecule has 3 amide bonds. The van der Waals surface area contributed by atoms with Crippen molar-refractivity contribution in [1.82, 2.24) is 15.3 Å². The number of benzene rings is 1. The van der Waals surface area contributed by atoms with E-state index in [1.807, 2.05) is 12.1 Å². The maximum atomic E-state index is 12.4. The van der Waals surface area contributed by atoms with E-state index in [2.05, 4.69) is 25.9 Å². The van der Waals surface area contributed by atoms with Crippen molar-refractivity contribution in [3.63, 3.8) is 0 Å². The van der Waals surface area contributed by atoms with Crippen LogP contribution in [0.25, 0.3) is 0 Å². The third kappa shape index (κ3) is 5.67. The SMILES string of the molecule is O=C(NCc1ccncc1)Nc1cccc(NC(=O)c2cc(Cl)nc(Cl)c2)c1. The van der Waals surface area contributed by atoms with Crippen molar-refractivity contribution in [1.29, 1.82) is 0 Å². The van der Waals surface area contributed by atoms with Crippen LogP contribution in [-0.4, -0.2) is 21.9 Å². The number of amides is 3. The van der Waals surface area contributed by atoms with E-state index in [0.29, 0.717) is 17.9 Å². The van der Waals surface area contributed by atoms with E-state index in [1.165, 1.54) is 12.1 Å². The van der Waals surface area contributed by atoms with Crippen molar-refractivity contribution in [3.05, 3.63) is 82.4 Å². The first-order valence-corrected chi connectivity index (χ1v) is 8.93. The van der Waals surface area contributed by atoms with E-state index in [-0.39, 0.29) is 21.9 Å². The molecular formula is C19H15Cl2N5O2. The van der Waals surface area contributed by atoms with Crippen LogP contribution in [0.1, 0.15) is 15.9 Å². The molecule has 3 rings (SSSR count). The average molecular weight is 416 g/mol. The summed E-state index contributed by atoms with van der Waals surface area (Å²) < 4.78 is 0. The monoisotopic (exact) mass is 415 g/mol. The molecule has 3 N–H and O–H groups in total. The van der Waals surface area contributed by atoms with Crippen LogP contribution in [-0.2, 0) is 6.54 Å². The highest BCUT2D eigenvalue weighted by Gasteiger charge is 2.10. The lowest BCUT2D eigenvalue weighted by molar-refractivity contribution is 0.102. The minimum Gasteiger partial charge on any atom is -0.334 e. The molecule has 0 atom stereocenters. The fourth-order valence-corrected chi connectivity index (χ4v) is 2.79. The smallest absolute Gasteiger partial charge is 0.319 e. The van der Waals surface area contributed by atoms with E-state index in [9.17, 15) is 9.59 Å². The minimum absolute atomic E-state index is 0.124. The number of pyridine rings is 2. The van der Waals surface area contributed by atoms with E-state index >= 15 is 0 Å². The second kappa shape index (κ2) is 9.16. The molecule has 3 aromatic rings. The van der Waals surface area contributed by atoms with Crippen LogP contribution in [0.4, 0.5) is 16.2 Å². The van der Waals surface area contributed by atoms with Crippen LogP contribution in [0.5, 0.6) is 0 Å². The van der Waals surface area contributed by atoms with Crippen molar-refractivity contribution >= 4 is 46.5 Å². The summed E-state index contributed by atoms with van der Waals surface area (Å²) in [5, 5.41) is 8.43. The molecular weight excluding hydrogens is 401 g/mol. The number of nitrogens with one attached hydrogen (secondary N) is 3. The molecule has 142 valence electrons. The third-order valence-electron chi connectivity index (χ3n) is 3.61. The molecule has 0 saturated carbocycles. The lowest BCUT2D eigenvalue weighted by Crippen LogP contribution is -2.28. The molecule has 0 saturated heterocycles. The molecule has 0 unspecified atom stereocenters. The van der Waals surface area contributed by atoms with Crippen LogP contribution in [0.15, 0.2) is 60.9 Å². The zero-order chi connectivity index (χ0) is 19.9. The maximum Gasteiger partial charge on any atom is 0.319 e. The normalized spacial score (nSPS) is 10.2. The maximum absolute atomic E-state index is 12.4. The summed E-state index contributed by atoms with van der Waals surface area (Å²) in [5.74, 6) is -0.398. The first kappa shape index (κ1) is 19.6. The van der Waals surface area contributed by atoms with Gasteiger partial charge >= 0.3 is 6.03 Å². The number of halogens is 2. The lowest BCUT2D eigenvalue weighted by atomic mass is 10.2. The van der Waals surface area contributed by atoms with Crippen molar-refractivity contribution in [3.8, 4) is 0 Å². The molecule has 0 aliphatic heterocycles. The van der Waals surface area contributed by atoms with E-state index in [1.54, 1.807) is 36.7 Å². The summed E-state index contributed by atoms with van der Waals surface area (Å²) in [5.41, 5.74) is 2.23. The largest absolute Gasteiger partial charge is 0.334 e. The summed E-state index contributed by atoms with van der Waals surface area (Å²) >= 11 is 11.6. The molecule has 0 aliphatic carbocycles. The Morgan fingerprint density at radius 1 is 0.893 bits per heavy atom. The number of aromatic nitrogens is 2. The topological polar surface area (TPSA) is 96.0 Å². The van der Waals surface area contributed by atoms with Crippen LogP contribution in [0.3, 0.4) is 0 Å². The molecule has 0 radical (unpaired) electrons. The third-order valence-corrected chi connectivity index (χ3v) is 3.99. The molecule has 0 aliphatic rings. The number of carbonyl (C=O) groups excluding carboxylic acids is 2. The summed E-state index contributed by atoms with van der Waals surface area (Å²) in [6, 6.07) is 12.8. The lowest BCUT2D eigenvalue weighted by Gasteiger charge is -2.10. The molecule has 2 heterocycles. The highest BCUT2D eigenvalue weighted by molar-refractivity contribution is 6.33. The Kier molecular flexibility index (Phi) is 6.41. The van der Waals surface area contributed by atoms with Gasteiger partial charge in [0.05, 0.1) is 0 Å². The van der Waals surface area contributed by atoms with Crippen LogP contribution >= 0.6 is 23.2 Å². The van der Waals surface area contributed by atoms with Gasteiger partial charge in [0, 0.05) is 35.9 Å². The van der Waals surface area contributed by atoms with E-state index in [0.717, 1.165) is 5.56 Å². The molecule has 2 aromatic heterocycles. The van der Waals surface area contributed by atoms with Gasteiger partial charge in [-0.05, 0) is 48.0 Å². The van der Waals surface area contributed by atoms with Crippen LogP contribution in [0.2, 0.25) is 10.3 Å². The molecule has 28 heavy (non-hydrogen) atoms. The van der Waals surface area contributed by atoms with Crippen LogP contribution < -0.4 is 16.0 Å². The number of carbonyl (C=O) groups is 2. The Morgan fingerprint density at radius 3 is 2.21 bits per heavy atom. The minimum atomic E-state index is -0.398. The predicted molar refractivity (Wildman–Crippen MR) is 109 cm³/mol. The quantitative estimate of drug-likeness (QED) is 0.539. The number of nitrogens with zero attached hydrogens (tertiary/aromatic N) is 2. The predicted octanol–water partition coefficient (Wildman–Crippen LogP) is 4.36. The Labute approximate surface area is 171 Å². The van der Waals surface area contributed by atoms with Gasteiger partial charge in [0.25, 0.3) is 5.91 Å². The Balaban J connectivity index is 1.60. The van der Waals surface area contributed by atoms with Gasteiger partial charge in [-0.3, -0.25) is 9.78 Å². The van der Waals surface area contributed by atoms with Gasteiger partial charge in [-0.15, -0.1) is 0 Å². The van der Waals surface area contributed by atoms with Crippen molar-refractivity contribution in [2.24, 2.45) is 0 Å². The Hall–Kier alpha value is -3.16. The molecule has 0 bridgehead atoms. The van der Waals surface area contributed by atoms with E-state index in [4.69, 9.17) is 23.2 Å². The second-order valence-electron chi connectivity index (χ2n) is 5.70. The fraction of sp³-hybridized carbons (Fsp3) is 0.0526. The van der Waals surface area contributed by atoms with Crippen molar-refractivity contribution in [2.45, 2.75) is 6.54 Å². The highest BCUT2D eigenvalue weighted by atomic mass is 35.5. The average Bonchev–Trinajstić information content (AvgIpc) is 2.67. The molecule has 0 fully saturated rings. The summed E-state index contributed by atoms with van der Waals surface area (Å²) in [7, 11) is 0. The Morgan fingerprint density at radius 2 is 1.54 bits per heavy atom. The standard InChI is InChI=1S/C19H15Cl2N5O2/c20-16-8-13(9-17(21)26-16)18(27)24-14-2-1-3-15(10-14)25-19(28)23-11-12-4-6-22-7-5-12/h1-10H,11H2,(H,24,27)(H2,23,25,28). The zero-order valence-electron chi connectivity index (χ0n) is 14.4. The fourth-order valence-electron chi connectivity index (χ4n) is 2.33. The van der Waals surface area contributed by atoms with Gasteiger partial charge in [-0.25, -0.2) is 9.78 Å². The summed E-state index contributed by atoms with van der Waals surface area (Å²) in [6.45, 7) is 0.369. The number of anilines is 2. The van der Waals surface area contributed by atoms with Crippen molar-refractivity contribution in [2.75, 3.05) is 10.6 Å². The van der Waals surface area contributed by atoms with Gasteiger partial charge in [0.15, 0.2) is 0 Å². The second-order valence-corrected chi connectivity index (χ2v) is 6.47. The zero-order valence-corrected chi connectivity index (χ0v) is 16.0. The number of hydrogen-bond acceptors (Lipinski definition) is 4. The Bertz CT molecular complexity index is 978. The number of rotatable bonds is 5. The van der Waals surface area contributed by atoms with Gasteiger partial charge in [0.1, 0.15) is 10.3 Å². The molecule has 1 aromatic carbocycles. The van der Waals surface area contributed by atoms with Gasteiger partial charge in [-0.1, -0.05) is 29.3 Å². The molecule has 9 heteroatoms. The first-order valence-electron chi connectivity index (χ1n) is 8.18. The van der Waals surface area contributed by atoms with Gasteiger partial charge in [0.2, 0.25) is 0 Å². The molecule has 7 nitrogen and oxygen atoms in total. The summed E-state index contributed by atoms with van der Waals surface area (Å²) in [6.07, 6.45) is 3.31. The number of hydrogen-bond donors (Lipinski definition) is 3. The van der Waals surface area contributed by atoms with Crippen LogP contribution in [0, 0.1) is 0 Å². The summed E-state index contributed by atoms with van der Waals surface area (Å²) in [4.78, 5) is 32.1. The highest BCUT2D eigenvalue weighted by Crippen LogP contribution is 2.19. The number of urea groups is 1. The molecule has 0 spiro atoms. The van der Waals surface area contributed by atoms with E-state index < -0.39 is 5.91 Å². The van der Waals surface area contributed by atoms with Gasteiger partial charge < -0.3 is 16.0 Å². The first-order chi connectivity index (χ1) is 13.5. The van der Waals surface area contributed by atoms with Gasteiger partial charge in [-0.2, -0.15) is 0 Å². The van der Waals surface area contributed by atoms with Crippen molar-refractivity contribution < 1.29 is 9.59 Å².